The molecule has 0 bridgehead atoms. The Balaban J connectivity index is 0.00000261. The number of aliphatic carboxylic acids is 1. The van der Waals surface area contributed by atoms with Crippen molar-refractivity contribution >= 4 is 22.8 Å². The molecule has 0 aliphatic rings. The van der Waals surface area contributed by atoms with Crippen LogP contribution < -0.4 is 40.0 Å². The van der Waals surface area contributed by atoms with Gasteiger partial charge in [0.25, 0.3) is 5.91 Å². The van der Waals surface area contributed by atoms with E-state index in [1.54, 1.807) is 24.3 Å². The Morgan fingerprint density at radius 2 is 1.85 bits per heavy atom. The number of nitrogens with one attached hydrogen (secondary N) is 2. The van der Waals surface area contributed by atoms with Crippen molar-refractivity contribution in [2.24, 2.45) is 0 Å². The van der Waals surface area contributed by atoms with E-state index in [0.29, 0.717) is 17.8 Å². The first-order valence-electron chi connectivity index (χ1n) is 8.35. The molecule has 27 heavy (non-hydrogen) atoms. The fourth-order valence-electron chi connectivity index (χ4n) is 2.78. The molecule has 7 heteroatoms. The van der Waals surface area contributed by atoms with Gasteiger partial charge in [0, 0.05) is 23.4 Å². The summed E-state index contributed by atoms with van der Waals surface area (Å²) in [6, 6.07) is 16.6. The van der Waals surface area contributed by atoms with Crippen LogP contribution in [0.4, 0.5) is 0 Å². The Labute approximate surface area is 178 Å². The Bertz CT molecular complexity index is 924. The van der Waals surface area contributed by atoms with Crippen molar-refractivity contribution in [3.8, 4) is 0 Å². The van der Waals surface area contributed by atoms with Gasteiger partial charge < -0.3 is 25.3 Å². The molecule has 1 unspecified atom stereocenters. The van der Waals surface area contributed by atoms with Gasteiger partial charge in [-0.1, -0.05) is 36.4 Å². The normalized spacial score (nSPS) is 11.6. The van der Waals surface area contributed by atoms with E-state index in [2.05, 4.69) is 10.3 Å². The summed E-state index contributed by atoms with van der Waals surface area (Å²) in [5.41, 5.74) is 2.81. The van der Waals surface area contributed by atoms with Crippen molar-refractivity contribution in [3.63, 3.8) is 0 Å². The number of aromatic nitrogens is 1. The summed E-state index contributed by atoms with van der Waals surface area (Å²) < 4.78 is 0. The van der Waals surface area contributed by atoms with Crippen LogP contribution in [0.3, 0.4) is 0 Å². The SMILES string of the molecule is O=C([O-])CCC(O)c1ccc2[nH]c(C(=O)NCc3ccccc3)cc2c1.[Na+]. The molecule has 1 amide bonds. The van der Waals surface area contributed by atoms with Crippen LogP contribution in [0.1, 0.15) is 40.6 Å². The number of carbonyl (C=O) groups is 2. The Kier molecular flexibility index (Phi) is 7.62. The van der Waals surface area contributed by atoms with E-state index in [-0.39, 0.29) is 48.3 Å². The van der Waals surface area contributed by atoms with Crippen molar-refractivity contribution in [2.75, 3.05) is 0 Å². The summed E-state index contributed by atoms with van der Waals surface area (Å²) in [5.74, 6) is -1.41. The summed E-state index contributed by atoms with van der Waals surface area (Å²) in [6.07, 6.45) is -1.01. The van der Waals surface area contributed by atoms with Crippen molar-refractivity contribution in [1.29, 1.82) is 0 Å². The van der Waals surface area contributed by atoms with E-state index in [4.69, 9.17) is 0 Å². The zero-order chi connectivity index (χ0) is 18.5. The van der Waals surface area contributed by atoms with E-state index in [9.17, 15) is 19.8 Å². The molecule has 134 valence electrons. The van der Waals surface area contributed by atoms with Crippen molar-refractivity contribution in [3.05, 3.63) is 71.4 Å². The number of aromatic amines is 1. The predicted molar refractivity (Wildman–Crippen MR) is 95.1 cm³/mol. The predicted octanol–water partition coefficient (Wildman–Crippen LogP) is -1.33. The largest absolute Gasteiger partial charge is 1.00 e. The van der Waals surface area contributed by atoms with Gasteiger partial charge in [0.15, 0.2) is 0 Å². The minimum atomic E-state index is -1.19. The van der Waals surface area contributed by atoms with E-state index in [1.165, 1.54) is 0 Å². The number of carboxylic acids is 1. The Morgan fingerprint density at radius 1 is 1.11 bits per heavy atom. The maximum absolute atomic E-state index is 12.3. The maximum atomic E-state index is 12.3. The van der Waals surface area contributed by atoms with Gasteiger partial charge in [-0.3, -0.25) is 4.79 Å². The molecule has 0 aliphatic carbocycles. The van der Waals surface area contributed by atoms with E-state index in [0.717, 1.165) is 16.5 Å². The number of aliphatic hydroxyl groups is 1. The van der Waals surface area contributed by atoms with Crippen LogP contribution in [-0.4, -0.2) is 22.0 Å². The van der Waals surface area contributed by atoms with Gasteiger partial charge >= 0.3 is 29.6 Å². The first-order chi connectivity index (χ1) is 12.5. The molecule has 1 atom stereocenters. The van der Waals surface area contributed by atoms with Crippen LogP contribution in [-0.2, 0) is 11.3 Å². The number of hydrogen-bond donors (Lipinski definition) is 3. The molecule has 0 aliphatic heterocycles. The standard InChI is InChI=1S/C20H20N2O4.Na/c23-18(8-9-19(24)25)14-6-7-16-15(10-14)11-17(22-16)20(26)21-12-13-4-2-1-3-5-13;/h1-7,10-11,18,22-23H,8-9,12H2,(H,21,26)(H,24,25);/q;+1/p-1. The summed E-state index contributed by atoms with van der Waals surface area (Å²) >= 11 is 0. The van der Waals surface area contributed by atoms with E-state index < -0.39 is 12.1 Å². The van der Waals surface area contributed by atoms with Gasteiger partial charge in [-0.05, 0) is 42.2 Å². The quantitative estimate of drug-likeness (QED) is 0.446. The Hall–Kier alpha value is -2.12. The monoisotopic (exact) mass is 374 g/mol. The summed E-state index contributed by atoms with van der Waals surface area (Å²) in [7, 11) is 0. The van der Waals surface area contributed by atoms with Gasteiger partial charge in [0.2, 0.25) is 0 Å². The number of carbonyl (C=O) groups excluding carboxylic acids is 2. The minimum absolute atomic E-state index is 0. The second-order valence-electron chi connectivity index (χ2n) is 6.12. The third-order valence-electron chi connectivity index (χ3n) is 4.19. The zero-order valence-corrected chi connectivity index (χ0v) is 17.1. The topological polar surface area (TPSA) is 105 Å². The fraction of sp³-hybridized carbons (Fsp3) is 0.200. The number of hydrogen-bond acceptors (Lipinski definition) is 4. The molecule has 0 saturated carbocycles. The molecule has 1 heterocycles. The van der Waals surface area contributed by atoms with Gasteiger partial charge in [0.05, 0.1) is 6.10 Å². The number of benzene rings is 2. The molecular weight excluding hydrogens is 355 g/mol. The van der Waals surface area contributed by atoms with Crippen LogP contribution in [0, 0.1) is 0 Å². The number of fused-ring (bicyclic) bond motifs is 1. The van der Waals surface area contributed by atoms with Crippen molar-refractivity contribution < 1.29 is 49.4 Å². The maximum Gasteiger partial charge on any atom is 1.00 e. The minimum Gasteiger partial charge on any atom is -0.550 e. The second kappa shape index (κ2) is 9.71. The van der Waals surface area contributed by atoms with Gasteiger partial charge in [-0.2, -0.15) is 0 Å². The zero-order valence-electron chi connectivity index (χ0n) is 15.1. The van der Waals surface area contributed by atoms with Crippen LogP contribution >= 0.6 is 0 Å². The first kappa shape index (κ1) is 21.2. The number of rotatable bonds is 7. The fourth-order valence-corrected chi connectivity index (χ4v) is 2.78. The number of carboxylic acid groups (broad SMARTS) is 1. The Morgan fingerprint density at radius 3 is 2.56 bits per heavy atom. The molecule has 2 aromatic carbocycles. The average Bonchev–Trinajstić information content (AvgIpc) is 3.08. The molecule has 3 aromatic rings. The third kappa shape index (κ3) is 5.68. The molecule has 0 saturated heterocycles. The van der Waals surface area contributed by atoms with Crippen LogP contribution in [0.25, 0.3) is 10.9 Å². The van der Waals surface area contributed by atoms with Crippen LogP contribution in [0.5, 0.6) is 0 Å². The molecule has 0 spiro atoms. The summed E-state index contributed by atoms with van der Waals surface area (Å²) in [6.45, 7) is 0.433. The molecule has 0 radical (unpaired) electrons. The molecule has 3 rings (SSSR count). The number of amides is 1. The van der Waals surface area contributed by atoms with E-state index >= 15 is 0 Å². The van der Waals surface area contributed by atoms with Gasteiger partial charge in [-0.15, -0.1) is 0 Å². The molecule has 0 fully saturated rings. The molecule has 1 aromatic heterocycles. The van der Waals surface area contributed by atoms with Crippen molar-refractivity contribution in [1.82, 2.24) is 10.3 Å². The third-order valence-corrected chi connectivity index (χ3v) is 4.19. The number of aliphatic hydroxyl groups excluding tert-OH is 1. The van der Waals surface area contributed by atoms with Gasteiger partial charge in [-0.25, -0.2) is 0 Å². The smallest absolute Gasteiger partial charge is 0.550 e. The average molecular weight is 374 g/mol. The number of H-pyrrole nitrogens is 1. The van der Waals surface area contributed by atoms with Crippen LogP contribution in [0.2, 0.25) is 0 Å². The molecular formula is C20H19N2NaO4. The van der Waals surface area contributed by atoms with Crippen LogP contribution in [0.15, 0.2) is 54.6 Å². The molecule has 6 nitrogen and oxygen atoms in total. The molecule has 3 N–H and O–H groups in total. The second-order valence-corrected chi connectivity index (χ2v) is 6.12. The summed E-state index contributed by atoms with van der Waals surface area (Å²) in [4.78, 5) is 25.9. The van der Waals surface area contributed by atoms with E-state index in [1.807, 2.05) is 30.3 Å². The van der Waals surface area contributed by atoms with Crippen molar-refractivity contribution in [2.45, 2.75) is 25.5 Å². The van der Waals surface area contributed by atoms with Gasteiger partial charge in [0.1, 0.15) is 5.69 Å². The summed E-state index contributed by atoms with van der Waals surface area (Å²) in [5, 5.41) is 24.2. The first-order valence-corrected chi connectivity index (χ1v) is 8.35.